The van der Waals surface area contributed by atoms with Gasteiger partial charge in [0.2, 0.25) is 5.82 Å². The number of nitrogens with one attached hydrogen (secondary N) is 1. The van der Waals surface area contributed by atoms with Gasteiger partial charge in [-0.1, -0.05) is 13.8 Å². The molecule has 1 rings (SSSR count). The largest absolute Gasteiger partial charge is 0.463 e. The molecule has 1 N–H and O–H groups in total. The minimum atomic E-state index is -0.635. The highest BCUT2D eigenvalue weighted by Gasteiger charge is 2.11. The summed E-state index contributed by atoms with van der Waals surface area (Å²) in [5.41, 5.74) is 0.234. The first-order valence-electron chi connectivity index (χ1n) is 4.24. The molecule has 0 aliphatic rings. The van der Waals surface area contributed by atoms with E-state index in [1.165, 1.54) is 13.2 Å². The molecule has 5 nitrogen and oxygen atoms in total. The number of H-pyrrole nitrogens is 1. The van der Waals surface area contributed by atoms with Crippen molar-refractivity contribution in [1.29, 1.82) is 0 Å². The second-order valence-corrected chi connectivity index (χ2v) is 3.17. The fourth-order valence-electron chi connectivity index (χ4n) is 0.966. The Morgan fingerprint density at radius 1 is 1.57 bits per heavy atom. The van der Waals surface area contributed by atoms with Crippen LogP contribution in [0.4, 0.5) is 0 Å². The number of methoxy groups -OCH3 is 1. The highest BCUT2D eigenvalue weighted by atomic mass is 16.5. The number of hydrogen-bond donors (Lipinski definition) is 1. The molecule has 0 aromatic carbocycles. The Hall–Kier alpha value is -1.65. The van der Waals surface area contributed by atoms with Crippen LogP contribution in [0.1, 0.15) is 36.1 Å². The Kier molecular flexibility index (Phi) is 3.01. The zero-order valence-corrected chi connectivity index (χ0v) is 8.33. The summed E-state index contributed by atoms with van der Waals surface area (Å²) >= 11 is 0. The molecular formula is C9H12N2O3. The fraction of sp³-hybridized carbons (Fsp3) is 0.444. The predicted octanol–water partition coefficient (Wildman–Crippen LogP) is 0.680. The number of aromatic amines is 1. The van der Waals surface area contributed by atoms with E-state index >= 15 is 0 Å². The third kappa shape index (κ3) is 2.18. The molecule has 5 heteroatoms. The monoisotopic (exact) mass is 196 g/mol. The summed E-state index contributed by atoms with van der Waals surface area (Å²) in [5.74, 6) is -0.589. The van der Waals surface area contributed by atoms with Gasteiger partial charge >= 0.3 is 5.97 Å². The Morgan fingerprint density at radius 3 is 2.71 bits per heavy atom. The fourth-order valence-corrected chi connectivity index (χ4v) is 0.966. The maximum absolute atomic E-state index is 11.1. The van der Waals surface area contributed by atoms with E-state index in [0.717, 1.165) is 0 Å². The molecule has 76 valence electrons. The third-order valence-corrected chi connectivity index (χ3v) is 1.73. The van der Waals surface area contributed by atoms with Gasteiger partial charge in [-0.25, -0.2) is 9.78 Å². The zero-order chi connectivity index (χ0) is 10.7. The maximum Gasteiger partial charge on any atom is 0.374 e. The van der Waals surface area contributed by atoms with Gasteiger partial charge < -0.3 is 9.72 Å². The van der Waals surface area contributed by atoms with Crippen LogP contribution in [0.15, 0.2) is 10.9 Å². The number of rotatable bonds is 2. The molecule has 14 heavy (non-hydrogen) atoms. The van der Waals surface area contributed by atoms with Crippen LogP contribution < -0.4 is 5.56 Å². The summed E-state index contributed by atoms with van der Waals surface area (Å²) in [6.45, 7) is 3.78. The van der Waals surface area contributed by atoms with Gasteiger partial charge in [-0.15, -0.1) is 0 Å². The molecule has 1 aromatic rings. The van der Waals surface area contributed by atoms with Crippen molar-refractivity contribution in [1.82, 2.24) is 9.97 Å². The second-order valence-electron chi connectivity index (χ2n) is 3.17. The molecule has 0 unspecified atom stereocenters. The summed E-state index contributed by atoms with van der Waals surface area (Å²) in [5, 5.41) is 0. The van der Waals surface area contributed by atoms with Crippen LogP contribution in [0.2, 0.25) is 0 Å². The van der Waals surface area contributed by atoms with Gasteiger partial charge in [0.15, 0.2) is 0 Å². The average Bonchev–Trinajstić information content (AvgIpc) is 2.15. The SMILES string of the molecule is COC(=O)c1nc(C(C)C)cc(=O)[nH]1. The average molecular weight is 196 g/mol. The number of carbonyl (C=O) groups excluding carboxylic acids is 1. The topological polar surface area (TPSA) is 72.0 Å². The lowest BCUT2D eigenvalue weighted by atomic mass is 10.1. The molecule has 0 aliphatic carbocycles. The van der Waals surface area contributed by atoms with Crippen molar-refractivity contribution in [2.45, 2.75) is 19.8 Å². The van der Waals surface area contributed by atoms with Gasteiger partial charge in [-0.05, 0) is 5.92 Å². The van der Waals surface area contributed by atoms with Crippen LogP contribution >= 0.6 is 0 Å². The lowest BCUT2D eigenvalue weighted by Gasteiger charge is -2.04. The smallest absolute Gasteiger partial charge is 0.374 e. The highest BCUT2D eigenvalue weighted by Crippen LogP contribution is 2.08. The van der Waals surface area contributed by atoms with Gasteiger partial charge in [0, 0.05) is 6.07 Å². The number of aromatic nitrogens is 2. The lowest BCUT2D eigenvalue weighted by Crippen LogP contribution is -2.18. The Morgan fingerprint density at radius 2 is 2.21 bits per heavy atom. The van der Waals surface area contributed by atoms with Crippen molar-refractivity contribution in [2.24, 2.45) is 0 Å². The van der Waals surface area contributed by atoms with Crippen LogP contribution in [0.25, 0.3) is 0 Å². The van der Waals surface area contributed by atoms with Crippen molar-refractivity contribution in [3.8, 4) is 0 Å². The molecule has 0 fully saturated rings. The number of ether oxygens (including phenoxy) is 1. The van der Waals surface area contributed by atoms with E-state index in [0.29, 0.717) is 5.69 Å². The standard InChI is InChI=1S/C9H12N2O3/c1-5(2)6-4-7(12)11-8(10-6)9(13)14-3/h4-5H,1-3H3,(H,10,11,12). The van der Waals surface area contributed by atoms with E-state index in [1.807, 2.05) is 13.8 Å². The first-order valence-corrected chi connectivity index (χ1v) is 4.24. The van der Waals surface area contributed by atoms with Crippen LogP contribution in [-0.2, 0) is 4.74 Å². The van der Waals surface area contributed by atoms with Crippen molar-refractivity contribution < 1.29 is 9.53 Å². The first kappa shape index (κ1) is 10.4. The van der Waals surface area contributed by atoms with Crippen molar-refractivity contribution >= 4 is 5.97 Å². The molecule has 1 heterocycles. The van der Waals surface area contributed by atoms with Crippen molar-refractivity contribution in [3.63, 3.8) is 0 Å². The van der Waals surface area contributed by atoms with Gasteiger partial charge in [-0.3, -0.25) is 4.79 Å². The summed E-state index contributed by atoms with van der Waals surface area (Å²) in [6, 6.07) is 1.37. The van der Waals surface area contributed by atoms with Crippen LogP contribution in [0.3, 0.4) is 0 Å². The molecule has 1 aromatic heterocycles. The van der Waals surface area contributed by atoms with Gasteiger partial charge in [0.05, 0.1) is 12.8 Å². The van der Waals surface area contributed by atoms with Gasteiger partial charge in [-0.2, -0.15) is 0 Å². The number of nitrogens with zero attached hydrogens (tertiary/aromatic N) is 1. The van der Waals surface area contributed by atoms with Crippen LogP contribution in [0, 0.1) is 0 Å². The quantitative estimate of drug-likeness (QED) is 0.706. The summed E-state index contributed by atoms with van der Waals surface area (Å²) in [6.07, 6.45) is 0. The normalized spacial score (nSPS) is 10.3. The summed E-state index contributed by atoms with van der Waals surface area (Å²) in [7, 11) is 1.24. The molecule has 0 saturated heterocycles. The molecule has 0 saturated carbocycles. The minimum absolute atomic E-state index is 0.0521. The Labute approximate surface area is 81.1 Å². The number of hydrogen-bond acceptors (Lipinski definition) is 4. The first-order chi connectivity index (χ1) is 6.54. The minimum Gasteiger partial charge on any atom is -0.463 e. The molecule has 0 spiro atoms. The molecule has 0 radical (unpaired) electrons. The highest BCUT2D eigenvalue weighted by molar-refractivity contribution is 5.84. The van der Waals surface area contributed by atoms with Crippen molar-refractivity contribution in [3.05, 3.63) is 27.9 Å². The van der Waals surface area contributed by atoms with Gasteiger partial charge in [0.1, 0.15) is 0 Å². The van der Waals surface area contributed by atoms with Crippen molar-refractivity contribution in [2.75, 3.05) is 7.11 Å². The lowest BCUT2D eigenvalue weighted by molar-refractivity contribution is 0.0586. The molecule has 0 amide bonds. The zero-order valence-electron chi connectivity index (χ0n) is 8.33. The van der Waals surface area contributed by atoms with E-state index in [1.54, 1.807) is 0 Å². The second kappa shape index (κ2) is 4.04. The van der Waals surface area contributed by atoms with E-state index in [9.17, 15) is 9.59 Å². The van der Waals surface area contributed by atoms with E-state index in [-0.39, 0.29) is 17.3 Å². The van der Waals surface area contributed by atoms with E-state index in [2.05, 4.69) is 14.7 Å². The number of esters is 1. The maximum atomic E-state index is 11.1. The van der Waals surface area contributed by atoms with E-state index in [4.69, 9.17) is 0 Å². The summed E-state index contributed by atoms with van der Waals surface area (Å²) < 4.78 is 4.45. The number of carbonyl (C=O) groups is 1. The Bertz CT molecular complexity index is 395. The molecule has 0 bridgehead atoms. The molecule has 0 atom stereocenters. The summed E-state index contributed by atoms with van der Waals surface area (Å²) in [4.78, 5) is 28.5. The van der Waals surface area contributed by atoms with Gasteiger partial charge in [0.25, 0.3) is 5.56 Å². The van der Waals surface area contributed by atoms with Crippen LogP contribution in [0.5, 0.6) is 0 Å². The molecular weight excluding hydrogens is 184 g/mol. The predicted molar refractivity (Wildman–Crippen MR) is 50.3 cm³/mol. The molecule has 0 aliphatic heterocycles. The van der Waals surface area contributed by atoms with E-state index < -0.39 is 5.97 Å². The third-order valence-electron chi connectivity index (χ3n) is 1.73. The Balaban J connectivity index is 3.20. The van der Waals surface area contributed by atoms with Crippen LogP contribution in [-0.4, -0.2) is 23.0 Å².